The van der Waals surface area contributed by atoms with Crippen LogP contribution in [0.25, 0.3) is 0 Å². The maximum Gasteiger partial charge on any atom is 0.145 e. The second-order valence-corrected chi connectivity index (χ2v) is 5.82. The van der Waals surface area contributed by atoms with E-state index in [9.17, 15) is 5.11 Å². The number of aliphatic hydroxyl groups is 1. The van der Waals surface area contributed by atoms with Crippen LogP contribution in [0.15, 0.2) is 42.7 Å². The molecule has 1 aromatic carbocycles. The summed E-state index contributed by atoms with van der Waals surface area (Å²) in [6.07, 6.45) is 5.95. The molecule has 1 N–H and O–H groups in total. The molecule has 0 spiro atoms. The van der Waals surface area contributed by atoms with Crippen molar-refractivity contribution >= 4 is 0 Å². The quantitative estimate of drug-likeness (QED) is 0.853. The van der Waals surface area contributed by atoms with Gasteiger partial charge >= 0.3 is 0 Å². The molecule has 2 aromatic rings. The normalized spacial score (nSPS) is 14.3. The summed E-state index contributed by atoms with van der Waals surface area (Å²) in [6.45, 7) is 3.91. The van der Waals surface area contributed by atoms with Gasteiger partial charge in [0.05, 0.1) is 12.8 Å². The van der Waals surface area contributed by atoms with Crippen LogP contribution in [0.4, 0.5) is 0 Å². The molecule has 0 bridgehead atoms. The van der Waals surface area contributed by atoms with Crippen LogP contribution in [0, 0.1) is 6.92 Å². The Balaban J connectivity index is 1.68. The van der Waals surface area contributed by atoms with Crippen LogP contribution in [0.3, 0.4) is 0 Å². The van der Waals surface area contributed by atoms with Crippen LogP contribution in [0.5, 0.6) is 11.5 Å². The fourth-order valence-electron chi connectivity index (χ4n) is 2.65. The number of hydrogen-bond donors (Lipinski definition) is 1. The van der Waals surface area contributed by atoms with E-state index in [2.05, 4.69) is 28.9 Å². The smallest absolute Gasteiger partial charge is 0.145 e. The van der Waals surface area contributed by atoms with Gasteiger partial charge in [-0.1, -0.05) is 12.1 Å². The monoisotopic (exact) mass is 298 g/mol. The van der Waals surface area contributed by atoms with Crippen LogP contribution in [-0.2, 0) is 6.54 Å². The van der Waals surface area contributed by atoms with Gasteiger partial charge in [0.2, 0.25) is 0 Å². The van der Waals surface area contributed by atoms with Gasteiger partial charge in [0, 0.05) is 25.3 Å². The number of aryl methyl sites for hydroxylation is 1. The molecule has 116 valence electrons. The zero-order valence-electron chi connectivity index (χ0n) is 12.9. The van der Waals surface area contributed by atoms with Gasteiger partial charge in [-0.15, -0.1) is 0 Å². The molecule has 1 aliphatic carbocycles. The summed E-state index contributed by atoms with van der Waals surface area (Å²) >= 11 is 0. The first-order valence-corrected chi connectivity index (χ1v) is 7.78. The van der Waals surface area contributed by atoms with Crippen molar-refractivity contribution in [2.24, 2.45) is 0 Å². The van der Waals surface area contributed by atoms with Crippen molar-refractivity contribution in [1.82, 2.24) is 9.88 Å². The van der Waals surface area contributed by atoms with Crippen LogP contribution in [0.2, 0.25) is 0 Å². The van der Waals surface area contributed by atoms with Crippen LogP contribution < -0.4 is 4.74 Å². The molecule has 3 rings (SSSR count). The lowest BCUT2D eigenvalue weighted by atomic mass is 10.1. The molecule has 0 radical (unpaired) electrons. The number of nitrogens with zero attached hydrogens (tertiary/aromatic N) is 2. The van der Waals surface area contributed by atoms with Crippen molar-refractivity contribution in [3.8, 4) is 11.5 Å². The summed E-state index contributed by atoms with van der Waals surface area (Å²) in [6, 6.07) is 10.7. The third-order valence-electron chi connectivity index (χ3n) is 3.94. The molecule has 1 fully saturated rings. The summed E-state index contributed by atoms with van der Waals surface area (Å²) in [5.74, 6) is 1.61. The Kier molecular flexibility index (Phi) is 4.71. The van der Waals surface area contributed by atoms with Crippen molar-refractivity contribution < 1.29 is 9.84 Å². The van der Waals surface area contributed by atoms with Gasteiger partial charge in [-0.2, -0.15) is 0 Å². The predicted molar refractivity (Wildman–Crippen MR) is 86.0 cm³/mol. The average molecular weight is 298 g/mol. The molecule has 0 aliphatic heterocycles. The zero-order chi connectivity index (χ0) is 15.4. The minimum Gasteiger partial charge on any atom is -0.455 e. The minimum atomic E-state index is 0.220. The van der Waals surface area contributed by atoms with Crippen molar-refractivity contribution in [2.75, 3.05) is 13.2 Å². The fraction of sp³-hybridized carbons (Fsp3) is 0.389. The maximum absolute atomic E-state index is 9.19. The Bertz CT molecular complexity index is 612. The number of hydrogen-bond acceptors (Lipinski definition) is 4. The van der Waals surface area contributed by atoms with Gasteiger partial charge < -0.3 is 9.84 Å². The molecule has 1 aromatic heterocycles. The topological polar surface area (TPSA) is 45.6 Å². The molecule has 1 heterocycles. The van der Waals surface area contributed by atoms with Gasteiger partial charge in [0.1, 0.15) is 11.5 Å². The Morgan fingerprint density at radius 3 is 2.82 bits per heavy atom. The molecule has 0 amide bonds. The SMILES string of the molecule is Cc1cc(CN(CCO)C2CC2)ccc1Oc1cccnc1. The van der Waals surface area contributed by atoms with Gasteiger partial charge in [-0.25, -0.2) is 0 Å². The lowest BCUT2D eigenvalue weighted by Gasteiger charge is -2.21. The second-order valence-electron chi connectivity index (χ2n) is 5.82. The number of aliphatic hydroxyl groups excluding tert-OH is 1. The molecule has 0 atom stereocenters. The summed E-state index contributed by atoms with van der Waals surface area (Å²) in [5.41, 5.74) is 2.37. The predicted octanol–water partition coefficient (Wildman–Crippen LogP) is 3.14. The Morgan fingerprint density at radius 1 is 1.32 bits per heavy atom. The van der Waals surface area contributed by atoms with Crippen molar-refractivity contribution in [1.29, 1.82) is 0 Å². The van der Waals surface area contributed by atoms with Crippen molar-refractivity contribution in [2.45, 2.75) is 32.4 Å². The average Bonchev–Trinajstić information content (AvgIpc) is 3.35. The van der Waals surface area contributed by atoms with Gasteiger partial charge in [0.15, 0.2) is 0 Å². The number of benzene rings is 1. The number of rotatable bonds is 7. The molecule has 0 unspecified atom stereocenters. The van der Waals surface area contributed by atoms with E-state index >= 15 is 0 Å². The molecular formula is C18H22N2O2. The molecule has 1 aliphatic rings. The van der Waals surface area contributed by atoms with Crippen LogP contribution >= 0.6 is 0 Å². The standard InChI is InChI=1S/C18H22N2O2/c1-14-11-15(13-20(9-10-21)16-5-6-16)4-7-18(14)22-17-3-2-8-19-12-17/h2-4,7-8,11-12,16,21H,5-6,9-10,13H2,1H3. The number of pyridine rings is 1. The number of aromatic nitrogens is 1. The third kappa shape index (κ3) is 3.84. The highest BCUT2D eigenvalue weighted by Gasteiger charge is 2.28. The highest BCUT2D eigenvalue weighted by Crippen LogP contribution is 2.30. The van der Waals surface area contributed by atoms with E-state index in [0.717, 1.165) is 30.2 Å². The summed E-state index contributed by atoms with van der Waals surface area (Å²) in [5, 5.41) is 9.19. The molecule has 4 heteroatoms. The fourth-order valence-corrected chi connectivity index (χ4v) is 2.65. The van der Waals surface area contributed by atoms with Gasteiger partial charge in [0.25, 0.3) is 0 Å². The molecular weight excluding hydrogens is 276 g/mol. The summed E-state index contributed by atoms with van der Waals surface area (Å²) in [7, 11) is 0. The molecule has 1 saturated carbocycles. The Hall–Kier alpha value is -1.91. The summed E-state index contributed by atoms with van der Waals surface area (Å²) in [4.78, 5) is 6.42. The molecule has 22 heavy (non-hydrogen) atoms. The van der Waals surface area contributed by atoms with Crippen LogP contribution in [0.1, 0.15) is 24.0 Å². The van der Waals surface area contributed by atoms with E-state index in [1.165, 1.54) is 18.4 Å². The number of ether oxygens (including phenoxy) is 1. The first-order valence-electron chi connectivity index (χ1n) is 7.78. The largest absolute Gasteiger partial charge is 0.455 e. The highest BCUT2D eigenvalue weighted by molar-refractivity contribution is 5.39. The second kappa shape index (κ2) is 6.90. The molecule has 0 saturated heterocycles. The lowest BCUT2D eigenvalue weighted by molar-refractivity contribution is 0.183. The van der Waals surface area contributed by atoms with E-state index in [1.807, 2.05) is 18.2 Å². The Morgan fingerprint density at radius 2 is 2.18 bits per heavy atom. The van der Waals surface area contributed by atoms with E-state index in [1.54, 1.807) is 12.4 Å². The minimum absolute atomic E-state index is 0.220. The third-order valence-corrected chi connectivity index (χ3v) is 3.94. The molecule has 4 nitrogen and oxygen atoms in total. The van der Waals surface area contributed by atoms with Crippen LogP contribution in [-0.4, -0.2) is 34.2 Å². The highest BCUT2D eigenvalue weighted by atomic mass is 16.5. The van der Waals surface area contributed by atoms with E-state index in [0.29, 0.717) is 6.04 Å². The van der Waals surface area contributed by atoms with Gasteiger partial charge in [-0.3, -0.25) is 9.88 Å². The first-order chi connectivity index (χ1) is 10.8. The van der Waals surface area contributed by atoms with E-state index in [-0.39, 0.29) is 6.61 Å². The van der Waals surface area contributed by atoms with Crippen molar-refractivity contribution in [3.63, 3.8) is 0 Å². The van der Waals surface area contributed by atoms with Gasteiger partial charge in [-0.05, 0) is 49.1 Å². The summed E-state index contributed by atoms with van der Waals surface area (Å²) < 4.78 is 5.86. The van der Waals surface area contributed by atoms with E-state index in [4.69, 9.17) is 4.74 Å². The maximum atomic E-state index is 9.19. The Labute approximate surface area is 131 Å². The lowest BCUT2D eigenvalue weighted by Crippen LogP contribution is -2.28. The zero-order valence-corrected chi connectivity index (χ0v) is 12.9. The van der Waals surface area contributed by atoms with Crippen molar-refractivity contribution in [3.05, 3.63) is 53.9 Å². The van der Waals surface area contributed by atoms with E-state index < -0.39 is 0 Å². The first kappa shape index (κ1) is 15.0.